The van der Waals surface area contributed by atoms with Crippen LogP contribution in [0.5, 0.6) is 5.75 Å². The van der Waals surface area contributed by atoms with Crippen molar-refractivity contribution in [2.24, 2.45) is 0 Å². The Hall–Kier alpha value is -3.91. The molecule has 0 N–H and O–H groups in total. The normalized spacial score (nSPS) is 11.4. The molecule has 174 valence electrons. The number of aryl methyl sites for hydroxylation is 2. The van der Waals surface area contributed by atoms with Crippen LogP contribution in [-0.2, 0) is 16.4 Å². The highest BCUT2D eigenvalue weighted by molar-refractivity contribution is 7.93. The number of ketones is 1. The third-order valence-electron chi connectivity index (χ3n) is 5.42. The molecule has 34 heavy (non-hydrogen) atoms. The molecule has 0 aliphatic carbocycles. The van der Waals surface area contributed by atoms with Crippen molar-refractivity contribution in [2.45, 2.75) is 32.1 Å². The van der Waals surface area contributed by atoms with Crippen LogP contribution in [-0.4, -0.2) is 20.3 Å². The van der Waals surface area contributed by atoms with E-state index in [1.807, 2.05) is 6.92 Å². The van der Waals surface area contributed by atoms with Gasteiger partial charge in [-0.2, -0.15) is 4.31 Å². The number of anilines is 1. The van der Waals surface area contributed by atoms with Crippen LogP contribution < -0.4 is 9.04 Å². The van der Waals surface area contributed by atoms with Gasteiger partial charge in [0.25, 0.3) is 10.0 Å². The monoisotopic (exact) mass is 477 g/mol. The van der Waals surface area contributed by atoms with Crippen molar-refractivity contribution in [1.82, 2.24) is 0 Å². The average molecular weight is 478 g/mol. The van der Waals surface area contributed by atoms with Gasteiger partial charge in [0.15, 0.2) is 5.78 Å². The molecule has 7 nitrogen and oxygen atoms in total. The lowest BCUT2D eigenvalue weighted by Crippen LogP contribution is -2.39. The van der Waals surface area contributed by atoms with Crippen molar-refractivity contribution in [1.29, 1.82) is 0 Å². The first-order valence-electron chi connectivity index (χ1n) is 10.7. The summed E-state index contributed by atoms with van der Waals surface area (Å²) in [5.74, 6) is 0.375. The Kier molecular flexibility index (Phi) is 6.26. The minimum Gasteiger partial charge on any atom is -0.461 e. The number of para-hydroxylation sites is 1. The van der Waals surface area contributed by atoms with E-state index in [0.717, 1.165) is 12.0 Å². The van der Waals surface area contributed by atoms with E-state index in [-0.39, 0.29) is 22.1 Å². The highest BCUT2D eigenvalue weighted by Gasteiger charge is 2.33. The number of furan rings is 1. The van der Waals surface area contributed by atoms with E-state index in [1.54, 1.807) is 49.4 Å². The van der Waals surface area contributed by atoms with E-state index in [4.69, 9.17) is 9.15 Å². The van der Waals surface area contributed by atoms with Crippen molar-refractivity contribution in [3.63, 3.8) is 0 Å². The predicted molar refractivity (Wildman–Crippen MR) is 129 cm³/mol. The average Bonchev–Trinajstić information content (AvgIpc) is 3.15. The summed E-state index contributed by atoms with van der Waals surface area (Å²) >= 11 is 0. The zero-order valence-corrected chi connectivity index (χ0v) is 19.8. The fourth-order valence-corrected chi connectivity index (χ4v) is 5.06. The lowest BCUT2D eigenvalue weighted by atomic mass is 10.1. The van der Waals surface area contributed by atoms with Gasteiger partial charge in [0.1, 0.15) is 17.1 Å². The van der Waals surface area contributed by atoms with Crippen LogP contribution in [0, 0.1) is 6.92 Å². The quantitative estimate of drug-likeness (QED) is 0.321. The van der Waals surface area contributed by atoms with E-state index in [0.29, 0.717) is 26.6 Å². The summed E-state index contributed by atoms with van der Waals surface area (Å²) in [5.41, 5.74) is 1.72. The maximum atomic E-state index is 13.7. The lowest BCUT2D eigenvalue weighted by Gasteiger charge is -2.22. The Morgan fingerprint density at radius 1 is 0.971 bits per heavy atom. The van der Waals surface area contributed by atoms with Gasteiger partial charge in [-0.05, 0) is 68.3 Å². The van der Waals surface area contributed by atoms with Gasteiger partial charge in [-0.3, -0.25) is 4.79 Å². The third kappa shape index (κ3) is 4.32. The topological polar surface area (TPSA) is 93.9 Å². The van der Waals surface area contributed by atoms with Crippen molar-refractivity contribution < 1.29 is 27.2 Å². The van der Waals surface area contributed by atoms with Gasteiger partial charge in [0, 0.05) is 5.39 Å². The summed E-state index contributed by atoms with van der Waals surface area (Å²) in [6, 6.07) is 18.9. The lowest BCUT2D eigenvalue weighted by molar-refractivity contribution is 0.101. The van der Waals surface area contributed by atoms with E-state index in [2.05, 4.69) is 0 Å². The summed E-state index contributed by atoms with van der Waals surface area (Å²) in [6.45, 7) is 5.02. The first-order chi connectivity index (χ1) is 16.2. The van der Waals surface area contributed by atoms with Gasteiger partial charge in [-0.1, -0.05) is 37.3 Å². The molecule has 0 fully saturated rings. The van der Waals surface area contributed by atoms with Gasteiger partial charge in [-0.25, -0.2) is 13.2 Å². The van der Waals surface area contributed by atoms with Gasteiger partial charge >= 0.3 is 6.09 Å². The molecular formula is C26H23NO6S. The molecule has 0 saturated heterocycles. The molecule has 0 bridgehead atoms. The molecule has 0 radical (unpaired) electrons. The summed E-state index contributed by atoms with van der Waals surface area (Å²) in [5, 5.41) is 0.413. The summed E-state index contributed by atoms with van der Waals surface area (Å²) in [6.07, 6.45) is -0.362. The summed E-state index contributed by atoms with van der Waals surface area (Å²) in [4.78, 5) is 25.4. The molecule has 1 amide bonds. The fraction of sp³-hybridized carbons (Fsp3) is 0.154. The van der Waals surface area contributed by atoms with Crippen LogP contribution in [0.3, 0.4) is 0 Å². The Morgan fingerprint density at radius 2 is 1.65 bits per heavy atom. The number of hydrogen-bond donors (Lipinski definition) is 0. The molecule has 0 spiro atoms. The first-order valence-corrected chi connectivity index (χ1v) is 12.1. The number of ether oxygens (including phenoxy) is 1. The second kappa shape index (κ2) is 9.15. The fourth-order valence-electron chi connectivity index (χ4n) is 3.75. The van der Waals surface area contributed by atoms with E-state index >= 15 is 0 Å². The number of nitrogens with zero attached hydrogens (tertiary/aromatic N) is 1. The van der Waals surface area contributed by atoms with Crippen LogP contribution in [0.25, 0.3) is 11.0 Å². The highest BCUT2D eigenvalue weighted by atomic mass is 32.2. The molecule has 4 aromatic rings. The molecule has 1 heterocycles. The molecule has 3 aromatic carbocycles. The molecule has 0 unspecified atom stereocenters. The number of hydrogen-bond acceptors (Lipinski definition) is 6. The van der Waals surface area contributed by atoms with Gasteiger partial charge in [0.05, 0.1) is 16.1 Å². The first kappa shape index (κ1) is 23.3. The minimum atomic E-state index is -4.35. The minimum absolute atomic E-state index is 0.0244. The van der Waals surface area contributed by atoms with Crippen LogP contribution in [0.15, 0.2) is 82.1 Å². The molecule has 0 aliphatic heterocycles. The van der Waals surface area contributed by atoms with Crippen LogP contribution in [0.2, 0.25) is 0 Å². The van der Waals surface area contributed by atoms with Gasteiger partial charge in [-0.15, -0.1) is 0 Å². The number of benzene rings is 3. The second-order valence-corrected chi connectivity index (χ2v) is 9.50. The Morgan fingerprint density at radius 3 is 2.26 bits per heavy atom. The van der Waals surface area contributed by atoms with Crippen molar-refractivity contribution in [2.75, 3.05) is 4.31 Å². The van der Waals surface area contributed by atoms with E-state index in [1.165, 1.54) is 37.3 Å². The van der Waals surface area contributed by atoms with Gasteiger partial charge < -0.3 is 9.15 Å². The van der Waals surface area contributed by atoms with Crippen molar-refractivity contribution in [3.8, 4) is 5.75 Å². The predicted octanol–water partition coefficient (Wildman–Crippen LogP) is 5.90. The molecule has 4 rings (SSSR count). The third-order valence-corrected chi connectivity index (χ3v) is 7.13. The van der Waals surface area contributed by atoms with Crippen molar-refractivity contribution in [3.05, 3.63) is 89.7 Å². The zero-order chi connectivity index (χ0) is 24.5. The number of sulfonamides is 1. The second-order valence-electron chi connectivity index (χ2n) is 7.72. The van der Waals surface area contributed by atoms with Crippen LogP contribution in [0.1, 0.15) is 35.5 Å². The SMILES string of the molecule is CCc1ccc(S(=O)(=O)N(C(=O)Oc2ccccc2)c2ccc3oc(C)c(C(C)=O)c3c2)cc1. The smallest absolute Gasteiger partial charge is 0.434 e. The Balaban J connectivity index is 1.87. The number of rotatable bonds is 6. The molecular weight excluding hydrogens is 454 g/mol. The number of Topliss-reactive ketones (excluding diaryl/α,β-unsaturated/α-hetero) is 1. The van der Waals surface area contributed by atoms with E-state index in [9.17, 15) is 18.0 Å². The Labute approximate surface area is 197 Å². The van der Waals surface area contributed by atoms with Crippen LogP contribution >= 0.6 is 0 Å². The maximum Gasteiger partial charge on any atom is 0.434 e. The highest BCUT2D eigenvalue weighted by Crippen LogP contribution is 2.33. The summed E-state index contributed by atoms with van der Waals surface area (Å²) in [7, 11) is -4.35. The standard InChI is InChI=1S/C26H23NO6S/c1-4-19-10-13-22(14-11-19)34(30,31)27(26(29)33-21-8-6-5-7-9-21)20-12-15-24-23(16-20)25(17(2)28)18(3)32-24/h5-16H,4H2,1-3H3. The zero-order valence-electron chi connectivity index (χ0n) is 18.9. The van der Waals surface area contributed by atoms with Crippen LogP contribution in [0.4, 0.5) is 10.5 Å². The number of carbonyl (C=O) groups excluding carboxylic acids is 2. The number of amides is 1. The number of carbonyl (C=O) groups is 2. The van der Waals surface area contributed by atoms with Crippen molar-refractivity contribution >= 4 is 38.6 Å². The molecule has 0 saturated carbocycles. The molecule has 0 aliphatic rings. The molecule has 0 atom stereocenters. The molecule has 1 aromatic heterocycles. The maximum absolute atomic E-state index is 13.7. The van der Waals surface area contributed by atoms with Gasteiger partial charge in [0.2, 0.25) is 0 Å². The number of fused-ring (bicyclic) bond motifs is 1. The summed E-state index contributed by atoms with van der Waals surface area (Å²) < 4.78 is 39.0. The van der Waals surface area contributed by atoms with E-state index < -0.39 is 16.1 Å². The largest absolute Gasteiger partial charge is 0.461 e. The Bertz CT molecular complexity index is 1470. The molecule has 8 heteroatoms.